The van der Waals surface area contributed by atoms with Crippen molar-refractivity contribution >= 4 is 44.9 Å². The molecule has 1 aliphatic rings. The third-order valence-electron chi connectivity index (χ3n) is 7.99. The van der Waals surface area contributed by atoms with Gasteiger partial charge in [-0.1, -0.05) is 43.3 Å². The molecular formula is C35H30F3N3O3S. The van der Waals surface area contributed by atoms with Crippen LogP contribution in [-0.2, 0) is 12.8 Å². The van der Waals surface area contributed by atoms with Crippen LogP contribution in [0.4, 0.5) is 18.3 Å². The Morgan fingerprint density at radius 1 is 1.00 bits per heavy atom. The Morgan fingerprint density at radius 3 is 2.58 bits per heavy atom. The van der Waals surface area contributed by atoms with Gasteiger partial charge in [-0.3, -0.25) is 10.1 Å². The maximum atomic E-state index is 14.4. The number of hydrogen-bond donors (Lipinski definition) is 1. The highest BCUT2D eigenvalue weighted by Crippen LogP contribution is 2.41. The zero-order chi connectivity index (χ0) is 31.8. The number of carbonyl (C=O) groups is 1. The number of rotatable bonds is 7. The summed E-state index contributed by atoms with van der Waals surface area (Å²) in [6.07, 6.45) is 3.47. The second kappa shape index (κ2) is 12.4. The van der Waals surface area contributed by atoms with Gasteiger partial charge in [-0.15, -0.1) is 11.3 Å². The number of benzene rings is 3. The van der Waals surface area contributed by atoms with E-state index in [1.807, 2.05) is 48.5 Å². The number of para-hydroxylation sites is 2. The average Bonchev–Trinajstić information content (AvgIpc) is 3.37. The lowest BCUT2D eigenvalue weighted by Crippen LogP contribution is -2.21. The van der Waals surface area contributed by atoms with E-state index < -0.39 is 17.5 Å². The largest absolute Gasteiger partial charge is 0.493 e. The van der Waals surface area contributed by atoms with Gasteiger partial charge in [0.05, 0.1) is 36.7 Å². The molecule has 1 aliphatic carbocycles. The highest BCUT2D eigenvalue weighted by molar-refractivity contribution is 7.15. The maximum Gasteiger partial charge on any atom is 0.258 e. The molecule has 2 aromatic heterocycles. The summed E-state index contributed by atoms with van der Waals surface area (Å²) in [5.74, 6) is -2.85. The van der Waals surface area contributed by atoms with E-state index in [1.54, 1.807) is 21.1 Å². The Morgan fingerprint density at radius 2 is 1.80 bits per heavy atom. The number of halogens is 3. The van der Waals surface area contributed by atoms with Gasteiger partial charge in [-0.2, -0.15) is 0 Å². The van der Waals surface area contributed by atoms with Gasteiger partial charge in [0.15, 0.2) is 34.1 Å². The summed E-state index contributed by atoms with van der Waals surface area (Å²) in [6.45, 7) is 3.87. The van der Waals surface area contributed by atoms with Crippen LogP contribution in [0.2, 0.25) is 0 Å². The predicted octanol–water partition coefficient (Wildman–Crippen LogP) is 8.40. The molecule has 0 radical (unpaired) electrons. The van der Waals surface area contributed by atoms with Crippen LogP contribution in [0.1, 0.15) is 56.7 Å². The van der Waals surface area contributed by atoms with Gasteiger partial charge in [-0.25, -0.2) is 23.1 Å². The number of amides is 1. The first kappa shape index (κ1) is 30.3. The van der Waals surface area contributed by atoms with E-state index in [4.69, 9.17) is 14.5 Å². The van der Waals surface area contributed by atoms with E-state index >= 15 is 0 Å². The molecule has 1 unspecified atom stereocenters. The van der Waals surface area contributed by atoms with Gasteiger partial charge < -0.3 is 9.47 Å². The lowest BCUT2D eigenvalue weighted by Gasteiger charge is -2.27. The minimum absolute atomic E-state index is 0.00805. The molecule has 0 spiro atoms. The minimum atomic E-state index is -1.51. The molecule has 0 saturated carbocycles. The first-order valence-corrected chi connectivity index (χ1v) is 15.2. The fraction of sp³-hybridized carbons (Fsp3) is 0.229. The molecule has 1 amide bonds. The van der Waals surface area contributed by atoms with Crippen molar-refractivity contribution in [2.45, 2.75) is 33.1 Å². The standard InChI is InChI=1S/C35H30F3N3O3S/c1-18-14-22(16-21-8-7-11-27(43-3)33(21)44-4)32-24(15-18)29(23-9-5-6-10-26(23)40-32)34(42)41-35-39-19(2)28(45-35)17-20-12-13-25(36)31(38)30(20)37/h5-13,16,18H,14-15,17H2,1-4H3,(H,39,41,42)/b22-16+. The van der Waals surface area contributed by atoms with Crippen LogP contribution in [-0.4, -0.2) is 30.1 Å². The van der Waals surface area contributed by atoms with E-state index in [9.17, 15) is 18.0 Å². The summed E-state index contributed by atoms with van der Waals surface area (Å²) in [5.41, 5.74) is 5.20. The van der Waals surface area contributed by atoms with E-state index in [1.165, 1.54) is 17.4 Å². The molecule has 1 atom stereocenters. The molecule has 0 saturated heterocycles. The number of fused-ring (bicyclic) bond motifs is 2. The number of aromatic nitrogens is 2. The molecule has 0 fully saturated rings. The molecule has 5 aromatic rings. The van der Waals surface area contributed by atoms with Gasteiger partial charge in [-0.05, 0) is 66.7 Å². The molecule has 6 nitrogen and oxygen atoms in total. The lowest BCUT2D eigenvalue weighted by atomic mass is 9.80. The fourth-order valence-electron chi connectivity index (χ4n) is 5.89. The fourth-order valence-corrected chi connectivity index (χ4v) is 6.87. The van der Waals surface area contributed by atoms with Crippen molar-refractivity contribution in [3.8, 4) is 11.5 Å². The van der Waals surface area contributed by atoms with Crippen molar-refractivity contribution in [2.75, 3.05) is 19.5 Å². The number of pyridine rings is 1. The molecule has 1 N–H and O–H groups in total. The molecule has 3 aromatic carbocycles. The summed E-state index contributed by atoms with van der Waals surface area (Å²) in [6, 6.07) is 15.3. The molecule has 230 valence electrons. The maximum absolute atomic E-state index is 14.4. The molecule has 6 rings (SSSR count). The van der Waals surface area contributed by atoms with E-state index in [0.29, 0.717) is 44.7 Å². The van der Waals surface area contributed by atoms with Crippen LogP contribution in [0.15, 0.2) is 54.6 Å². The Hall–Kier alpha value is -4.70. The van der Waals surface area contributed by atoms with Crippen molar-refractivity contribution in [1.82, 2.24) is 9.97 Å². The third kappa shape index (κ3) is 5.78. The number of hydrogen-bond acceptors (Lipinski definition) is 6. The average molecular weight is 630 g/mol. The van der Waals surface area contributed by atoms with E-state index in [-0.39, 0.29) is 23.8 Å². The van der Waals surface area contributed by atoms with Crippen molar-refractivity contribution in [2.24, 2.45) is 5.92 Å². The Labute approximate surface area is 262 Å². The lowest BCUT2D eigenvalue weighted by molar-refractivity contribution is 0.102. The van der Waals surface area contributed by atoms with Crippen LogP contribution in [0.3, 0.4) is 0 Å². The number of anilines is 1. The zero-order valence-corrected chi connectivity index (χ0v) is 25.9. The van der Waals surface area contributed by atoms with Crippen LogP contribution < -0.4 is 14.8 Å². The smallest absolute Gasteiger partial charge is 0.258 e. The number of aryl methyl sites for hydroxylation is 1. The normalized spacial score (nSPS) is 15.3. The minimum Gasteiger partial charge on any atom is -0.493 e. The van der Waals surface area contributed by atoms with Gasteiger partial charge in [0, 0.05) is 22.2 Å². The quantitative estimate of drug-likeness (QED) is 0.183. The van der Waals surface area contributed by atoms with E-state index in [2.05, 4.69) is 17.2 Å². The second-order valence-corrected chi connectivity index (χ2v) is 12.2. The SMILES string of the molecule is COc1cccc(/C=C2\CC(C)Cc3c2nc2ccccc2c3C(=O)Nc2nc(C)c(Cc3ccc(F)c(F)c3F)s2)c1OC. The topological polar surface area (TPSA) is 73.3 Å². The van der Waals surface area contributed by atoms with Crippen molar-refractivity contribution in [1.29, 1.82) is 0 Å². The molecule has 45 heavy (non-hydrogen) atoms. The monoisotopic (exact) mass is 629 g/mol. The number of ether oxygens (including phenoxy) is 2. The molecule has 10 heteroatoms. The number of nitrogens with one attached hydrogen (secondary N) is 1. The van der Waals surface area contributed by atoms with Gasteiger partial charge >= 0.3 is 0 Å². The summed E-state index contributed by atoms with van der Waals surface area (Å²) >= 11 is 1.17. The number of nitrogens with zero attached hydrogens (tertiary/aromatic N) is 2. The van der Waals surface area contributed by atoms with Crippen LogP contribution in [0, 0.1) is 30.3 Å². The summed E-state index contributed by atoms with van der Waals surface area (Å²) in [4.78, 5) is 24.3. The first-order chi connectivity index (χ1) is 21.7. The van der Waals surface area contributed by atoms with Crippen molar-refractivity contribution < 1.29 is 27.4 Å². The van der Waals surface area contributed by atoms with Gasteiger partial charge in [0.25, 0.3) is 5.91 Å². The highest BCUT2D eigenvalue weighted by atomic mass is 32.1. The predicted molar refractivity (Wildman–Crippen MR) is 171 cm³/mol. The summed E-state index contributed by atoms with van der Waals surface area (Å²) in [7, 11) is 3.20. The molecular weight excluding hydrogens is 599 g/mol. The van der Waals surface area contributed by atoms with Crippen LogP contribution in [0.25, 0.3) is 22.6 Å². The van der Waals surface area contributed by atoms with Crippen molar-refractivity contribution in [3.05, 3.63) is 111 Å². The summed E-state index contributed by atoms with van der Waals surface area (Å²) in [5, 5.41) is 4.00. The van der Waals surface area contributed by atoms with Crippen LogP contribution in [0.5, 0.6) is 11.5 Å². The Balaban J connectivity index is 1.40. The zero-order valence-electron chi connectivity index (χ0n) is 25.1. The second-order valence-electron chi connectivity index (χ2n) is 11.1. The first-order valence-electron chi connectivity index (χ1n) is 14.4. The molecule has 0 bridgehead atoms. The van der Waals surface area contributed by atoms with Gasteiger partial charge in [0.1, 0.15) is 0 Å². The number of thiazole rings is 1. The number of methoxy groups -OCH3 is 2. The molecule has 0 aliphatic heterocycles. The van der Waals surface area contributed by atoms with Crippen LogP contribution >= 0.6 is 11.3 Å². The number of allylic oxidation sites excluding steroid dienone is 1. The van der Waals surface area contributed by atoms with E-state index in [0.717, 1.165) is 40.3 Å². The highest BCUT2D eigenvalue weighted by Gasteiger charge is 2.29. The summed E-state index contributed by atoms with van der Waals surface area (Å²) < 4.78 is 52.8. The van der Waals surface area contributed by atoms with Crippen molar-refractivity contribution in [3.63, 3.8) is 0 Å². The molecule has 2 heterocycles. The Kier molecular flexibility index (Phi) is 8.33. The Bertz CT molecular complexity index is 1990. The number of carbonyl (C=O) groups excluding carboxylic acids is 1. The third-order valence-corrected chi connectivity index (χ3v) is 9.06. The van der Waals surface area contributed by atoms with Gasteiger partial charge in [0.2, 0.25) is 0 Å².